The highest BCUT2D eigenvalue weighted by Gasteiger charge is 2.07. The van der Waals surface area contributed by atoms with Crippen LogP contribution in [0.2, 0.25) is 0 Å². The second-order valence-electron chi connectivity index (χ2n) is 4.35. The Bertz CT molecular complexity index is 323. The van der Waals surface area contributed by atoms with Gasteiger partial charge in [0.05, 0.1) is 0 Å². The van der Waals surface area contributed by atoms with E-state index < -0.39 is 0 Å². The van der Waals surface area contributed by atoms with Gasteiger partial charge in [-0.1, -0.05) is 48.7 Å². The van der Waals surface area contributed by atoms with Crippen LogP contribution in [0.5, 0.6) is 0 Å². The van der Waals surface area contributed by atoms with Crippen LogP contribution in [-0.2, 0) is 0 Å². The zero-order valence-corrected chi connectivity index (χ0v) is 12.1. The van der Waals surface area contributed by atoms with Gasteiger partial charge < -0.3 is 5.32 Å². The molecule has 0 aromatic heterocycles. The van der Waals surface area contributed by atoms with Gasteiger partial charge in [-0.2, -0.15) is 0 Å². The molecule has 0 spiro atoms. The number of benzene rings is 1. The van der Waals surface area contributed by atoms with Crippen LogP contribution in [0.25, 0.3) is 0 Å². The van der Waals surface area contributed by atoms with Gasteiger partial charge in [0.25, 0.3) is 0 Å². The summed E-state index contributed by atoms with van der Waals surface area (Å²) in [5, 5.41) is 3.64. The maximum absolute atomic E-state index is 3.64. The van der Waals surface area contributed by atoms with Crippen LogP contribution in [-0.4, -0.2) is 6.04 Å². The molecule has 1 aromatic rings. The molecule has 1 N–H and O–H groups in total. The Morgan fingerprint density at radius 3 is 2.69 bits per heavy atom. The van der Waals surface area contributed by atoms with E-state index >= 15 is 0 Å². The van der Waals surface area contributed by atoms with Gasteiger partial charge in [-0.15, -0.1) is 0 Å². The molecule has 0 saturated carbocycles. The zero-order chi connectivity index (χ0) is 12.0. The summed E-state index contributed by atoms with van der Waals surface area (Å²) in [6.45, 7) is 6.65. The molecule has 90 valence electrons. The summed E-state index contributed by atoms with van der Waals surface area (Å²) in [4.78, 5) is 0. The molecule has 0 amide bonds. The zero-order valence-electron chi connectivity index (χ0n) is 10.5. The molecule has 1 nitrogen and oxygen atoms in total. The number of anilines is 1. The van der Waals surface area contributed by atoms with Crippen molar-refractivity contribution < 1.29 is 0 Å². The Labute approximate surface area is 108 Å². The third-order valence-electron chi connectivity index (χ3n) is 2.96. The number of unbranched alkanes of at least 4 members (excludes halogenated alkanes) is 1. The summed E-state index contributed by atoms with van der Waals surface area (Å²) in [7, 11) is 0. The van der Waals surface area contributed by atoms with Crippen molar-refractivity contribution in [3.63, 3.8) is 0 Å². The first kappa shape index (κ1) is 13.6. The molecule has 0 fully saturated rings. The molecular weight excluding hydrogens is 262 g/mol. The van der Waals surface area contributed by atoms with Gasteiger partial charge in [-0.25, -0.2) is 0 Å². The molecule has 1 unspecified atom stereocenters. The Balaban J connectivity index is 2.65. The second kappa shape index (κ2) is 6.95. The lowest BCUT2D eigenvalue weighted by Gasteiger charge is -2.19. The molecule has 0 aliphatic rings. The van der Waals surface area contributed by atoms with E-state index in [4.69, 9.17) is 0 Å². The largest absolute Gasteiger partial charge is 0.382 e. The SMILES string of the molecule is CCCCC(CC)Nc1cc(Br)ccc1C. The summed E-state index contributed by atoms with van der Waals surface area (Å²) >= 11 is 3.52. The molecule has 0 heterocycles. The van der Waals surface area contributed by atoms with Gasteiger partial charge in [-0.3, -0.25) is 0 Å². The molecule has 2 heteroatoms. The fourth-order valence-electron chi connectivity index (χ4n) is 1.80. The lowest BCUT2D eigenvalue weighted by Crippen LogP contribution is -2.18. The summed E-state index contributed by atoms with van der Waals surface area (Å²) in [5.41, 5.74) is 2.58. The standard InChI is InChI=1S/C14H22BrN/c1-4-6-7-13(5-2)16-14-10-12(15)9-8-11(14)3/h8-10,13,16H,4-7H2,1-3H3. The van der Waals surface area contributed by atoms with Gasteiger partial charge in [0, 0.05) is 16.2 Å². The van der Waals surface area contributed by atoms with Crippen molar-refractivity contribution in [1.82, 2.24) is 0 Å². The van der Waals surface area contributed by atoms with E-state index in [2.05, 4.69) is 60.2 Å². The predicted molar refractivity (Wildman–Crippen MR) is 76.1 cm³/mol. The minimum Gasteiger partial charge on any atom is -0.382 e. The fourth-order valence-corrected chi connectivity index (χ4v) is 2.16. The third-order valence-corrected chi connectivity index (χ3v) is 3.45. The van der Waals surface area contributed by atoms with E-state index in [0.717, 1.165) is 4.47 Å². The number of hydrogen-bond acceptors (Lipinski definition) is 1. The van der Waals surface area contributed by atoms with Gasteiger partial charge in [0.2, 0.25) is 0 Å². The van der Waals surface area contributed by atoms with Gasteiger partial charge in [0.15, 0.2) is 0 Å². The van der Waals surface area contributed by atoms with Crippen molar-refractivity contribution in [3.05, 3.63) is 28.2 Å². The molecule has 0 aliphatic heterocycles. The van der Waals surface area contributed by atoms with Crippen molar-refractivity contribution >= 4 is 21.6 Å². The lowest BCUT2D eigenvalue weighted by atomic mass is 10.1. The molecular formula is C14H22BrN. The summed E-state index contributed by atoms with van der Waals surface area (Å²) in [6, 6.07) is 7.02. The van der Waals surface area contributed by atoms with Crippen LogP contribution in [0.3, 0.4) is 0 Å². The van der Waals surface area contributed by atoms with Gasteiger partial charge >= 0.3 is 0 Å². The number of halogens is 1. The maximum atomic E-state index is 3.64. The quantitative estimate of drug-likeness (QED) is 0.762. The third kappa shape index (κ3) is 4.17. The normalized spacial score (nSPS) is 12.5. The number of nitrogens with one attached hydrogen (secondary N) is 1. The molecule has 1 aromatic carbocycles. The summed E-state index contributed by atoms with van der Waals surface area (Å²) < 4.78 is 1.14. The molecule has 0 radical (unpaired) electrons. The highest BCUT2D eigenvalue weighted by atomic mass is 79.9. The molecule has 0 aliphatic carbocycles. The van der Waals surface area contributed by atoms with E-state index in [-0.39, 0.29) is 0 Å². The van der Waals surface area contributed by atoms with Crippen molar-refractivity contribution in [2.24, 2.45) is 0 Å². The van der Waals surface area contributed by atoms with Crippen LogP contribution in [0.15, 0.2) is 22.7 Å². The minimum absolute atomic E-state index is 0.605. The van der Waals surface area contributed by atoms with Gasteiger partial charge in [0.1, 0.15) is 0 Å². The maximum Gasteiger partial charge on any atom is 0.0383 e. The lowest BCUT2D eigenvalue weighted by molar-refractivity contribution is 0.593. The first-order valence-electron chi connectivity index (χ1n) is 6.20. The van der Waals surface area contributed by atoms with E-state index in [1.165, 1.54) is 36.9 Å². The number of rotatable bonds is 6. The van der Waals surface area contributed by atoms with Gasteiger partial charge in [-0.05, 0) is 37.5 Å². The monoisotopic (exact) mass is 283 g/mol. The van der Waals surface area contributed by atoms with Crippen LogP contribution >= 0.6 is 15.9 Å². The second-order valence-corrected chi connectivity index (χ2v) is 5.27. The molecule has 1 atom stereocenters. The first-order valence-corrected chi connectivity index (χ1v) is 6.99. The average Bonchev–Trinajstić information content (AvgIpc) is 2.28. The Kier molecular flexibility index (Phi) is 5.89. The molecule has 0 bridgehead atoms. The Morgan fingerprint density at radius 2 is 2.06 bits per heavy atom. The first-order chi connectivity index (χ1) is 7.67. The Morgan fingerprint density at radius 1 is 1.31 bits per heavy atom. The van der Waals surface area contributed by atoms with Crippen LogP contribution < -0.4 is 5.32 Å². The number of aryl methyl sites for hydroxylation is 1. The fraction of sp³-hybridized carbons (Fsp3) is 0.571. The highest BCUT2D eigenvalue weighted by Crippen LogP contribution is 2.22. The molecule has 16 heavy (non-hydrogen) atoms. The minimum atomic E-state index is 0.605. The molecule has 1 rings (SSSR count). The summed E-state index contributed by atoms with van der Waals surface area (Å²) in [5.74, 6) is 0. The van der Waals surface area contributed by atoms with Crippen LogP contribution in [0.1, 0.15) is 45.1 Å². The van der Waals surface area contributed by atoms with E-state index in [1.54, 1.807) is 0 Å². The predicted octanol–water partition coefficient (Wildman–Crippen LogP) is 5.14. The van der Waals surface area contributed by atoms with Crippen molar-refractivity contribution in [1.29, 1.82) is 0 Å². The summed E-state index contributed by atoms with van der Waals surface area (Å²) in [6.07, 6.45) is 5.03. The van der Waals surface area contributed by atoms with Crippen molar-refractivity contribution in [2.75, 3.05) is 5.32 Å². The number of hydrogen-bond donors (Lipinski definition) is 1. The highest BCUT2D eigenvalue weighted by molar-refractivity contribution is 9.10. The average molecular weight is 284 g/mol. The topological polar surface area (TPSA) is 12.0 Å². The van der Waals surface area contributed by atoms with Crippen molar-refractivity contribution in [3.8, 4) is 0 Å². The van der Waals surface area contributed by atoms with Crippen molar-refractivity contribution in [2.45, 2.75) is 52.5 Å². The van der Waals surface area contributed by atoms with Crippen LogP contribution in [0, 0.1) is 6.92 Å². The smallest absolute Gasteiger partial charge is 0.0383 e. The van der Waals surface area contributed by atoms with Crippen LogP contribution in [0.4, 0.5) is 5.69 Å². The van der Waals surface area contributed by atoms with E-state index in [1.807, 2.05) is 0 Å². The van der Waals surface area contributed by atoms with E-state index in [9.17, 15) is 0 Å². The van der Waals surface area contributed by atoms with E-state index in [0.29, 0.717) is 6.04 Å². The molecule has 0 saturated heterocycles. The Hall–Kier alpha value is -0.500.